The van der Waals surface area contributed by atoms with Gasteiger partial charge in [-0.3, -0.25) is 28.8 Å². The maximum atomic E-state index is 14.5. The molecule has 0 aliphatic carbocycles. The third kappa shape index (κ3) is 14.0. The van der Waals surface area contributed by atoms with Crippen LogP contribution in [-0.4, -0.2) is 132 Å². The molecule has 3 N–H and O–H groups in total. The number of nitrogens with zero attached hydrogens (tertiary/aromatic N) is 4. The summed E-state index contributed by atoms with van der Waals surface area (Å²) in [6.07, 6.45) is 3.02. The fourth-order valence-electron chi connectivity index (χ4n) is 8.69. The molecule has 0 radical (unpaired) electrons. The predicted octanol–water partition coefficient (Wildman–Crippen LogP) is 5.34. The zero-order valence-corrected chi connectivity index (χ0v) is 39.5. The molecule has 0 spiro atoms. The topological polar surface area (TPSA) is 188 Å². The SMILES string of the molecule is CCC(C)C(C(CC(=O)N1CCCC1C(OC)C(C)C(=O)NC(Cc1ccccc1)c1nccs1)OC)N(C)C(=O)C(NC(=O)C(C(C)C)N(C)C(=O)CCCC(=O)O)C(C)C. The Morgan fingerprint density at radius 3 is 2.15 bits per heavy atom. The van der Waals surface area contributed by atoms with Crippen LogP contribution in [0.5, 0.6) is 0 Å². The molecule has 346 valence electrons. The molecule has 5 amide bonds. The summed E-state index contributed by atoms with van der Waals surface area (Å²) < 4.78 is 12.1. The van der Waals surface area contributed by atoms with Crippen LogP contribution in [0.2, 0.25) is 0 Å². The molecular formula is C46H72N6O9S. The number of benzene rings is 1. The van der Waals surface area contributed by atoms with Gasteiger partial charge in [-0.1, -0.05) is 85.2 Å². The van der Waals surface area contributed by atoms with Gasteiger partial charge in [0.05, 0.1) is 42.7 Å². The highest BCUT2D eigenvalue weighted by molar-refractivity contribution is 7.09. The average molecular weight is 885 g/mol. The number of hydrogen-bond acceptors (Lipinski definition) is 10. The van der Waals surface area contributed by atoms with Crippen LogP contribution in [-0.2, 0) is 44.7 Å². The van der Waals surface area contributed by atoms with Gasteiger partial charge in [-0.15, -0.1) is 11.3 Å². The quantitative estimate of drug-likeness (QED) is 0.118. The van der Waals surface area contributed by atoms with Crippen molar-refractivity contribution in [3.63, 3.8) is 0 Å². The zero-order chi connectivity index (χ0) is 46.3. The molecule has 1 fully saturated rings. The number of ether oxygens (including phenoxy) is 2. The van der Waals surface area contributed by atoms with Crippen molar-refractivity contribution in [2.24, 2.45) is 23.7 Å². The van der Waals surface area contributed by atoms with Gasteiger partial charge in [-0.05, 0) is 49.0 Å². The van der Waals surface area contributed by atoms with Gasteiger partial charge < -0.3 is 39.9 Å². The van der Waals surface area contributed by atoms with E-state index in [4.69, 9.17) is 14.6 Å². The highest BCUT2D eigenvalue weighted by Crippen LogP contribution is 2.31. The molecule has 1 saturated heterocycles. The molecule has 3 rings (SSSR count). The summed E-state index contributed by atoms with van der Waals surface area (Å²) in [6.45, 7) is 13.6. The number of carbonyl (C=O) groups is 6. The van der Waals surface area contributed by atoms with Crippen LogP contribution in [0.15, 0.2) is 41.9 Å². The summed E-state index contributed by atoms with van der Waals surface area (Å²) in [5, 5.41) is 17.9. The lowest BCUT2D eigenvalue weighted by Gasteiger charge is -2.41. The number of likely N-dealkylation sites (N-methyl/N-ethyl adjacent to an activating group) is 2. The zero-order valence-electron chi connectivity index (χ0n) is 38.7. The summed E-state index contributed by atoms with van der Waals surface area (Å²) >= 11 is 1.48. The molecule has 16 heteroatoms. The molecule has 15 nitrogen and oxygen atoms in total. The number of carbonyl (C=O) groups excluding carboxylic acids is 5. The van der Waals surface area contributed by atoms with Crippen LogP contribution in [0.25, 0.3) is 0 Å². The van der Waals surface area contributed by atoms with Crippen LogP contribution in [0, 0.1) is 23.7 Å². The predicted molar refractivity (Wildman–Crippen MR) is 239 cm³/mol. The average Bonchev–Trinajstić information content (AvgIpc) is 3.96. The summed E-state index contributed by atoms with van der Waals surface area (Å²) in [5.41, 5.74) is 1.07. The van der Waals surface area contributed by atoms with Crippen molar-refractivity contribution < 1.29 is 43.3 Å². The molecule has 0 bridgehead atoms. The molecule has 1 aliphatic rings. The highest BCUT2D eigenvalue weighted by Gasteiger charge is 2.43. The van der Waals surface area contributed by atoms with Gasteiger partial charge in [0.25, 0.3) is 0 Å². The van der Waals surface area contributed by atoms with Crippen LogP contribution in [0.3, 0.4) is 0 Å². The number of carboxylic acid groups (broad SMARTS) is 1. The Hall–Kier alpha value is -4.41. The first kappa shape index (κ1) is 51.9. The molecule has 2 aromatic rings. The molecule has 1 aromatic heterocycles. The van der Waals surface area contributed by atoms with Gasteiger partial charge in [0.15, 0.2) is 0 Å². The number of nitrogens with one attached hydrogen (secondary N) is 2. The first-order chi connectivity index (χ1) is 29.4. The summed E-state index contributed by atoms with van der Waals surface area (Å²) in [6, 6.07) is 6.84. The lowest BCUT2D eigenvalue weighted by atomic mass is 9.89. The van der Waals surface area contributed by atoms with Crippen LogP contribution in [0.1, 0.15) is 110 Å². The Morgan fingerprint density at radius 2 is 1.60 bits per heavy atom. The van der Waals surface area contributed by atoms with Crippen molar-refractivity contribution >= 4 is 46.8 Å². The molecule has 1 aliphatic heterocycles. The van der Waals surface area contributed by atoms with Crippen LogP contribution in [0.4, 0.5) is 0 Å². The van der Waals surface area contributed by atoms with Crippen molar-refractivity contribution in [3.8, 4) is 0 Å². The van der Waals surface area contributed by atoms with E-state index in [2.05, 4.69) is 15.6 Å². The second kappa shape index (κ2) is 25.0. The van der Waals surface area contributed by atoms with E-state index in [9.17, 15) is 28.8 Å². The fraction of sp³-hybridized carbons (Fsp3) is 0.674. The number of aliphatic carboxylic acids is 1. The minimum Gasteiger partial charge on any atom is -0.481 e. The minimum atomic E-state index is -1.00. The van der Waals surface area contributed by atoms with Gasteiger partial charge in [0.2, 0.25) is 29.5 Å². The van der Waals surface area contributed by atoms with E-state index in [-0.39, 0.29) is 79.1 Å². The summed E-state index contributed by atoms with van der Waals surface area (Å²) in [4.78, 5) is 90.0. The van der Waals surface area contributed by atoms with E-state index in [1.807, 2.05) is 84.2 Å². The normalized spacial score (nSPS) is 18.0. The Kier molecular flexibility index (Phi) is 21.0. The molecule has 62 heavy (non-hydrogen) atoms. The van der Waals surface area contributed by atoms with E-state index in [0.717, 1.165) is 17.0 Å². The number of carboxylic acids is 1. The monoisotopic (exact) mass is 885 g/mol. The Labute approximate surface area is 372 Å². The number of thiazole rings is 1. The van der Waals surface area contributed by atoms with Crippen molar-refractivity contribution in [1.29, 1.82) is 0 Å². The first-order valence-corrected chi connectivity index (χ1v) is 22.9. The molecule has 9 atom stereocenters. The van der Waals surface area contributed by atoms with Gasteiger partial charge in [0, 0.05) is 59.3 Å². The lowest BCUT2D eigenvalue weighted by molar-refractivity contribution is -0.148. The number of methoxy groups -OCH3 is 2. The lowest BCUT2D eigenvalue weighted by Crippen LogP contribution is -2.60. The smallest absolute Gasteiger partial charge is 0.303 e. The molecule has 2 heterocycles. The standard InChI is InChI=1S/C46H72N6O9S/c1-12-30(6)41(51(9)46(59)39(28(2)3)49-44(58)40(29(4)5)50(8)36(53)21-16-22-38(55)56)35(60-10)27-37(54)52-24-17-20-34(52)42(61-11)31(7)43(57)48-33(45-47-23-25-62-45)26-32-18-14-13-15-19-32/h13-15,18-19,23,25,28-31,33-35,39-42H,12,16-17,20-22,24,26-27H2,1-11H3,(H,48,57)(H,49,58)(H,55,56). The highest BCUT2D eigenvalue weighted by atomic mass is 32.1. The van der Waals surface area contributed by atoms with Crippen LogP contribution >= 0.6 is 11.3 Å². The maximum absolute atomic E-state index is 14.5. The molecular weight excluding hydrogens is 813 g/mol. The minimum absolute atomic E-state index is 0.0234. The van der Waals surface area contributed by atoms with Gasteiger partial charge in [-0.25, -0.2) is 4.98 Å². The van der Waals surface area contributed by atoms with Gasteiger partial charge in [-0.2, -0.15) is 0 Å². The molecule has 1 aromatic carbocycles. The van der Waals surface area contributed by atoms with Crippen molar-refractivity contribution in [3.05, 3.63) is 52.5 Å². The van der Waals surface area contributed by atoms with E-state index in [0.29, 0.717) is 25.8 Å². The van der Waals surface area contributed by atoms with Crippen molar-refractivity contribution in [2.45, 2.75) is 142 Å². The van der Waals surface area contributed by atoms with Crippen molar-refractivity contribution in [2.75, 3.05) is 34.9 Å². The van der Waals surface area contributed by atoms with Gasteiger partial charge >= 0.3 is 5.97 Å². The Balaban J connectivity index is 1.79. The number of aromatic nitrogens is 1. The van der Waals surface area contributed by atoms with E-state index < -0.39 is 48.1 Å². The van der Waals surface area contributed by atoms with E-state index in [1.165, 1.54) is 30.4 Å². The number of rotatable bonds is 25. The number of hydrogen-bond donors (Lipinski definition) is 3. The Bertz CT molecular complexity index is 1740. The maximum Gasteiger partial charge on any atom is 0.303 e. The molecule has 0 saturated carbocycles. The number of likely N-dealkylation sites (tertiary alicyclic amines) is 1. The second-order valence-electron chi connectivity index (χ2n) is 17.4. The summed E-state index contributed by atoms with van der Waals surface area (Å²) in [7, 11) is 6.30. The molecule has 9 unspecified atom stereocenters. The van der Waals surface area contributed by atoms with Gasteiger partial charge in [0.1, 0.15) is 17.1 Å². The Morgan fingerprint density at radius 1 is 0.919 bits per heavy atom. The fourth-order valence-corrected chi connectivity index (χ4v) is 9.37. The third-order valence-corrected chi connectivity index (χ3v) is 13.2. The van der Waals surface area contributed by atoms with Crippen LogP contribution < -0.4 is 10.6 Å². The van der Waals surface area contributed by atoms with Crippen molar-refractivity contribution in [1.82, 2.24) is 30.3 Å². The third-order valence-electron chi connectivity index (χ3n) is 12.3. The first-order valence-electron chi connectivity index (χ1n) is 22.0. The van der Waals surface area contributed by atoms with E-state index in [1.54, 1.807) is 30.2 Å². The second-order valence-corrected chi connectivity index (χ2v) is 18.3. The summed E-state index contributed by atoms with van der Waals surface area (Å²) in [5.74, 6) is -3.89. The largest absolute Gasteiger partial charge is 0.481 e. The number of amides is 5. The van der Waals surface area contributed by atoms with E-state index >= 15 is 0 Å².